The molecule has 0 radical (unpaired) electrons. The molecular formula is C12H15N3O4. The SMILES string of the molecule is CCOC(=O)c1cc([N+](=O)[O-])cnc1C=CN(C)C. The molecule has 7 heteroatoms. The lowest BCUT2D eigenvalue weighted by atomic mass is 10.1. The first kappa shape index (κ1) is 14.6. The minimum Gasteiger partial charge on any atom is -0.462 e. The number of esters is 1. The number of carbonyl (C=O) groups excluding carboxylic acids is 1. The van der Waals surface area contributed by atoms with Gasteiger partial charge in [0.15, 0.2) is 0 Å². The fourth-order valence-corrected chi connectivity index (χ4v) is 1.29. The lowest BCUT2D eigenvalue weighted by Gasteiger charge is -2.06. The molecule has 0 saturated heterocycles. The molecule has 19 heavy (non-hydrogen) atoms. The summed E-state index contributed by atoms with van der Waals surface area (Å²) in [6.07, 6.45) is 4.39. The third-order valence-electron chi connectivity index (χ3n) is 2.14. The van der Waals surface area contributed by atoms with Crippen LogP contribution in [0.25, 0.3) is 6.08 Å². The van der Waals surface area contributed by atoms with Crippen molar-refractivity contribution in [3.63, 3.8) is 0 Å². The van der Waals surface area contributed by atoms with E-state index in [1.165, 1.54) is 6.07 Å². The maximum atomic E-state index is 11.8. The van der Waals surface area contributed by atoms with Crippen molar-refractivity contribution >= 4 is 17.7 Å². The quantitative estimate of drug-likeness (QED) is 0.457. The Hall–Kier alpha value is -2.44. The van der Waals surface area contributed by atoms with Gasteiger partial charge in [0.2, 0.25) is 0 Å². The lowest BCUT2D eigenvalue weighted by molar-refractivity contribution is -0.385. The van der Waals surface area contributed by atoms with Crippen LogP contribution in [0.15, 0.2) is 18.5 Å². The molecule has 0 unspecified atom stereocenters. The van der Waals surface area contributed by atoms with E-state index in [9.17, 15) is 14.9 Å². The van der Waals surface area contributed by atoms with Gasteiger partial charge in [0.05, 0.1) is 22.8 Å². The van der Waals surface area contributed by atoms with E-state index >= 15 is 0 Å². The molecule has 0 aliphatic heterocycles. The molecule has 1 rings (SSSR count). The molecule has 1 aromatic heterocycles. The molecule has 0 aromatic carbocycles. The zero-order valence-electron chi connectivity index (χ0n) is 11.0. The highest BCUT2D eigenvalue weighted by molar-refractivity contribution is 5.93. The molecule has 0 aliphatic rings. The van der Waals surface area contributed by atoms with Gasteiger partial charge in [-0.25, -0.2) is 9.78 Å². The average molecular weight is 265 g/mol. The number of hydrogen-bond acceptors (Lipinski definition) is 6. The van der Waals surface area contributed by atoms with E-state index < -0.39 is 10.9 Å². The Morgan fingerprint density at radius 3 is 2.79 bits per heavy atom. The number of carbonyl (C=O) groups is 1. The fraction of sp³-hybridized carbons (Fsp3) is 0.333. The predicted octanol–water partition coefficient (Wildman–Crippen LogP) is 1.70. The Morgan fingerprint density at radius 1 is 1.58 bits per heavy atom. The van der Waals surface area contributed by atoms with Gasteiger partial charge in [-0.15, -0.1) is 0 Å². The summed E-state index contributed by atoms with van der Waals surface area (Å²) in [5.41, 5.74) is 0.164. The van der Waals surface area contributed by atoms with Crippen molar-refractivity contribution in [2.45, 2.75) is 6.92 Å². The van der Waals surface area contributed by atoms with Gasteiger partial charge in [-0.05, 0) is 13.0 Å². The van der Waals surface area contributed by atoms with Gasteiger partial charge in [-0.1, -0.05) is 0 Å². The topological polar surface area (TPSA) is 85.6 Å². The number of rotatable bonds is 5. The highest BCUT2D eigenvalue weighted by Gasteiger charge is 2.17. The molecule has 1 heterocycles. The van der Waals surface area contributed by atoms with Crippen LogP contribution in [0, 0.1) is 10.1 Å². The summed E-state index contributed by atoms with van der Waals surface area (Å²) >= 11 is 0. The summed E-state index contributed by atoms with van der Waals surface area (Å²) < 4.78 is 4.86. The number of hydrogen-bond donors (Lipinski definition) is 0. The molecule has 7 nitrogen and oxygen atoms in total. The molecule has 0 spiro atoms. The summed E-state index contributed by atoms with van der Waals surface area (Å²) in [5, 5.41) is 10.7. The van der Waals surface area contributed by atoms with Crippen LogP contribution >= 0.6 is 0 Å². The Labute approximate surface area is 110 Å². The van der Waals surface area contributed by atoms with Gasteiger partial charge < -0.3 is 9.64 Å². The molecule has 0 N–H and O–H groups in total. The Bertz CT molecular complexity index is 512. The maximum Gasteiger partial charge on any atom is 0.340 e. The highest BCUT2D eigenvalue weighted by atomic mass is 16.6. The van der Waals surface area contributed by atoms with Gasteiger partial charge >= 0.3 is 5.97 Å². The number of nitrogens with zero attached hydrogens (tertiary/aromatic N) is 3. The minimum atomic E-state index is -0.628. The zero-order chi connectivity index (χ0) is 14.4. The molecule has 102 valence electrons. The Balaban J connectivity index is 3.22. The van der Waals surface area contributed by atoms with Crippen LogP contribution in [0.2, 0.25) is 0 Å². The third-order valence-corrected chi connectivity index (χ3v) is 2.14. The van der Waals surface area contributed by atoms with Gasteiger partial charge in [0.25, 0.3) is 5.69 Å². The van der Waals surface area contributed by atoms with E-state index in [-0.39, 0.29) is 17.9 Å². The Morgan fingerprint density at radius 2 is 2.26 bits per heavy atom. The Kier molecular flexibility index (Phi) is 4.99. The first-order valence-corrected chi connectivity index (χ1v) is 5.62. The normalized spacial score (nSPS) is 10.5. The second-order valence-corrected chi connectivity index (χ2v) is 3.88. The van der Waals surface area contributed by atoms with Gasteiger partial charge in [0, 0.05) is 26.4 Å². The average Bonchev–Trinajstić information content (AvgIpc) is 2.36. The molecule has 0 aliphatic carbocycles. The van der Waals surface area contributed by atoms with E-state index in [1.807, 2.05) is 14.1 Å². The standard InChI is InChI=1S/C12H15N3O4/c1-4-19-12(16)10-7-9(15(17)18)8-13-11(10)5-6-14(2)3/h5-8H,4H2,1-3H3. The predicted molar refractivity (Wildman–Crippen MR) is 69.6 cm³/mol. The van der Waals surface area contributed by atoms with Crippen LogP contribution in [0.3, 0.4) is 0 Å². The van der Waals surface area contributed by atoms with Crippen LogP contribution in [0.1, 0.15) is 23.0 Å². The molecule has 0 amide bonds. The van der Waals surface area contributed by atoms with Crippen LogP contribution in [-0.4, -0.2) is 41.5 Å². The molecule has 0 atom stereocenters. The minimum absolute atomic E-state index is 0.0779. The fourth-order valence-electron chi connectivity index (χ4n) is 1.29. The number of nitro groups is 1. The summed E-state index contributed by atoms with van der Waals surface area (Å²) in [6, 6.07) is 1.17. The maximum absolute atomic E-state index is 11.8. The lowest BCUT2D eigenvalue weighted by Crippen LogP contribution is -2.09. The first-order chi connectivity index (χ1) is 8.95. The van der Waals surface area contributed by atoms with Crippen molar-refractivity contribution in [3.05, 3.63) is 39.8 Å². The zero-order valence-corrected chi connectivity index (χ0v) is 11.0. The highest BCUT2D eigenvalue weighted by Crippen LogP contribution is 2.17. The molecule has 0 saturated carbocycles. The van der Waals surface area contributed by atoms with Gasteiger partial charge in [0.1, 0.15) is 6.20 Å². The molecule has 0 bridgehead atoms. The molecule has 0 fully saturated rings. The van der Waals surface area contributed by atoms with Crippen LogP contribution < -0.4 is 0 Å². The van der Waals surface area contributed by atoms with Gasteiger partial charge in [-0.2, -0.15) is 0 Å². The van der Waals surface area contributed by atoms with Crippen LogP contribution in [-0.2, 0) is 4.74 Å². The van der Waals surface area contributed by atoms with E-state index in [4.69, 9.17) is 4.74 Å². The van der Waals surface area contributed by atoms with E-state index in [2.05, 4.69) is 4.98 Å². The number of pyridine rings is 1. The molecule has 1 aromatic rings. The van der Waals surface area contributed by atoms with Gasteiger partial charge in [-0.3, -0.25) is 10.1 Å². The van der Waals surface area contributed by atoms with E-state index in [0.29, 0.717) is 5.69 Å². The summed E-state index contributed by atoms with van der Waals surface area (Å²) in [4.78, 5) is 27.5. The van der Waals surface area contributed by atoms with Crippen molar-refractivity contribution in [2.75, 3.05) is 20.7 Å². The third kappa shape index (κ3) is 4.06. The summed E-state index contributed by atoms with van der Waals surface area (Å²) in [5.74, 6) is -0.628. The first-order valence-electron chi connectivity index (χ1n) is 5.62. The van der Waals surface area contributed by atoms with Crippen molar-refractivity contribution in [1.82, 2.24) is 9.88 Å². The van der Waals surface area contributed by atoms with Crippen LogP contribution in [0.5, 0.6) is 0 Å². The summed E-state index contributed by atoms with van der Waals surface area (Å²) in [7, 11) is 3.62. The monoisotopic (exact) mass is 265 g/mol. The number of ether oxygens (including phenoxy) is 1. The van der Waals surface area contributed by atoms with Crippen LogP contribution in [0.4, 0.5) is 5.69 Å². The largest absolute Gasteiger partial charge is 0.462 e. The van der Waals surface area contributed by atoms with E-state index in [1.54, 1.807) is 24.1 Å². The molecular weight excluding hydrogens is 250 g/mol. The second kappa shape index (κ2) is 6.48. The van der Waals surface area contributed by atoms with Crippen molar-refractivity contribution in [3.8, 4) is 0 Å². The van der Waals surface area contributed by atoms with Crippen molar-refractivity contribution in [2.24, 2.45) is 0 Å². The van der Waals surface area contributed by atoms with E-state index in [0.717, 1.165) is 6.20 Å². The number of aromatic nitrogens is 1. The summed E-state index contributed by atoms with van der Waals surface area (Å²) in [6.45, 7) is 1.86. The van der Waals surface area contributed by atoms with Crippen molar-refractivity contribution in [1.29, 1.82) is 0 Å². The second-order valence-electron chi connectivity index (χ2n) is 3.88. The smallest absolute Gasteiger partial charge is 0.340 e. The van der Waals surface area contributed by atoms with Crippen molar-refractivity contribution < 1.29 is 14.5 Å².